The second-order valence-electron chi connectivity index (χ2n) is 13.3. The van der Waals surface area contributed by atoms with Gasteiger partial charge in [0.2, 0.25) is 15.9 Å². The average molecular weight is 677 g/mol. The fraction of sp³-hybridized carbons (Fsp3) is 0.500. The van der Waals surface area contributed by atoms with Crippen molar-refractivity contribution in [3.05, 3.63) is 60.4 Å². The highest BCUT2D eigenvalue weighted by atomic mass is 32.2. The number of amides is 3. The van der Waals surface area contributed by atoms with Gasteiger partial charge in [0, 0.05) is 36.6 Å². The smallest absolute Gasteiger partial charge is 0.259 e. The number of benzene rings is 1. The summed E-state index contributed by atoms with van der Waals surface area (Å²) < 4.78 is 41.8. The van der Waals surface area contributed by atoms with E-state index in [4.69, 9.17) is 14.5 Å². The van der Waals surface area contributed by atoms with Crippen molar-refractivity contribution in [1.29, 1.82) is 0 Å². The quantitative estimate of drug-likeness (QED) is 0.374. The predicted octanol–water partition coefficient (Wildman–Crippen LogP) is 2.71. The summed E-state index contributed by atoms with van der Waals surface area (Å²) in [4.78, 5) is 47.7. The van der Waals surface area contributed by atoms with E-state index in [2.05, 4.69) is 15.1 Å². The van der Waals surface area contributed by atoms with Gasteiger partial charge in [-0.1, -0.05) is 24.3 Å². The lowest BCUT2D eigenvalue weighted by Gasteiger charge is -2.28. The molecule has 2 saturated carbocycles. The number of aromatic nitrogens is 3. The maximum atomic E-state index is 14.1. The summed E-state index contributed by atoms with van der Waals surface area (Å²) in [6.45, 7) is 4.06. The van der Waals surface area contributed by atoms with E-state index in [1.165, 1.54) is 4.90 Å². The van der Waals surface area contributed by atoms with Crippen LogP contribution in [0.4, 0.5) is 0 Å². The maximum Gasteiger partial charge on any atom is 0.259 e. The van der Waals surface area contributed by atoms with Gasteiger partial charge in [0.15, 0.2) is 5.82 Å². The lowest BCUT2D eigenvalue weighted by Crippen LogP contribution is -2.57. The molecule has 2 aliphatic heterocycles. The average Bonchev–Trinajstić information content (AvgIpc) is 3.95. The summed E-state index contributed by atoms with van der Waals surface area (Å²) in [5.41, 5.74) is 0.103. The molecule has 4 heterocycles. The van der Waals surface area contributed by atoms with E-state index < -0.39 is 50.9 Å². The molecular weight excluding hydrogens is 636 g/mol. The molecule has 13 nitrogen and oxygen atoms in total. The third kappa shape index (κ3) is 6.42. The number of nitrogens with one attached hydrogen (secondary N) is 2. The Kier molecular flexibility index (Phi) is 8.48. The molecule has 2 aliphatic carbocycles. The van der Waals surface area contributed by atoms with Crippen LogP contribution in [0.3, 0.4) is 0 Å². The number of carbonyl (C=O) groups excluding carboxylic acids is 3. The van der Waals surface area contributed by atoms with Crippen LogP contribution in [0.25, 0.3) is 16.7 Å². The van der Waals surface area contributed by atoms with E-state index in [9.17, 15) is 22.8 Å². The highest BCUT2D eigenvalue weighted by Gasteiger charge is 2.62. The van der Waals surface area contributed by atoms with Gasteiger partial charge in [0.1, 0.15) is 29.5 Å². The molecule has 4 aliphatic rings. The van der Waals surface area contributed by atoms with Crippen LogP contribution in [0.5, 0.6) is 5.75 Å². The van der Waals surface area contributed by atoms with Crippen LogP contribution >= 0.6 is 0 Å². The van der Waals surface area contributed by atoms with Gasteiger partial charge in [0.25, 0.3) is 11.8 Å². The van der Waals surface area contributed by atoms with E-state index in [-0.39, 0.29) is 31.2 Å². The van der Waals surface area contributed by atoms with Gasteiger partial charge < -0.3 is 19.7 Å². The lowest BCUT2D eigenvalue weighted by molar-refractivity contribution is -0.147. The number of pyridine rings is 1. The number of aryl methyl sites for hydroxylation is 1. The van der Waals surface area contributed by atoms with Crippen LogP contribution in [0.1, 0.15) is 57.6 Å². The molecule has 5 unspecified atom stereocenters. The molecule has 0 radical (unpaired) electrons. The topological polar surface area (TPSA) is 162 Å². The Hall–Kier alpha value is -4.30. The van der Waals surface area contributed by atoms with Crippen molar-refractivity contribution in [3.63, 3.8) is 0 Å². The number of nitrogens with zero attached hydrogens (tertiary/aromatic N) is 4. The molecule has 2 N–H and O–H groups in total. The summed E-state index contributed by atoms with van der Waals surface area (Å²) in [5.74, 6) is -0.931. The fourth-order valence-corrected chi connectivity index (χ4v) is 7.96. The summed E-state index contributed by atoms with van der Waals surface area (Å²) in [5, 5.41) is 7.56. The summed E-state index contributed by atoms with van der Waals surface area (Å²) in [6, 6.07) is 10.2. The molecular formula is C34H40N6O7S. The van der Waals surface area contributed by atoms with Gasteiger partial charge in [-0.05, 0) is 70.6 Å². The highest BCUT2D eigenvalue weighted by molar-refractivity contribution is 7.91. The first kappa shape index (κ1) is 32.3. The molecule has 2 aromatic heterocycles. The molecule has 1 saturated heterocycles. The van der Waals surface area contributed by atoms with Crippen molar-refractivity contribution >= 4 is 38.6 Å². The number of sulfonamides is 1. The second kappa shape index (κ2) is 12.6. The van der Waals surface area contributed by atoms with Gasteiger partial charge in [0.05, 0.1) is 23.0 Å². The number of para-hydroxylation sites is 1. The summed E-state index contributed by atoms with van der Waals surface area (Å²) in [7, 11) is -3.84. The van der Waals surface area contributed by atoms with Gasteiger partial charge in [-0.3, -0.25) is 19.1 Å². The Morgan fingerprint density at radius 2 is 1.98 bits per heavy atom. The Bertz CT molecular complexity index is 1890. The number of rotatable bonds is 6. The van der Waals surface area contributed by atoms with Crippen molar-refractivity contribution in [1.82, 2.24) is 29.7 Å². The molecule has 254 valence electrons. The van der Waals surface area contributed by atoms with Gasteiger partial charge in [-0.15, -0.1) is 0 Å². The van der Waals surface area contributed by atoms with E-state index in [0.717, 1.165) is 30.3 Å². The zero-order valence-electron chi connectivity index (χ0n) is 27.0. The third-order valence-electron chi connectivity index (χ3n) is 9.58. The zero-order chi connectivity index (χ0) is 33.6. The Morgan fingerprint density at radius 1 is 1.17 bits per heavy atom. The van der Waals surface area contributed by atoms with Crippen molar-refractivity contribution < 1.29 is 32.3 Å². The largest absolute Gasteiger partial charge is 0.488 e. The van der Waals surface area contributed by atoms with E-state index in [1.54, 1.807) is 17.7 Å². The molecule has 1 aromatic carbocycles. The standard InChI is InChI=1S/C34H40N6O7S/c1-21-14-15-40(37-21)30-18-29(26-10-6-7-11-27(26)35-30)47-24-17-28-31(41)36-34(33(43)38-48(44,45)25-12-13-25)19-23(34)9-5-3-4-8-16-46-22(2)32(42)39(28)20-24/h5-7,9-11,14-15,18,22-25,28H,3-4,8,12-13,16-17,19-20H2,1-2H3,(H,36,41)(H,38,43). The maximum absolute atomic E-state index is 14.1. The van der Waals surface area contributed by atoms with Gasteiger partial charge in [-0.2, -0.15) is 5.10 Å². The van der Waals surface area contributed by atoms with Crippen molar-refractivity contribution in [2.24, 2.45) is 5.92 Å². The Labute approximate surface area is 279 Å². The van der Waals surface area contributed by atoms with Crippen LogP contribution in [0.2, 0.25) is 0 Å². The van der Waals surface area contributed by atoms with E-state index in [1.807, 2.05) is 55.6 Å². The highest BCUT2D eigenvalue weighted by Crippen LogP contribution is 2.46. The number of hydrogen-bond donors (Lipinski definition) is 2. The van der Waals surface area contributed by atoms with Gasteiger partial charge >= 0.3 is 0 Å². The van der Waals surface area contributed by atoms with Crippen LogP contribution in [0.15, 0.2) is 54.7 Å². The molecule has 5 atom stereocenters. The lowest BCUT2D eigenvalue weighted by atomic mass is 10.1. The zero-order valence-corrected chi connectivity index (χ0v) is 27.8. The van der Waals surface area contributed by atoms with Crippen molar-refractivity contribution in [2.75, 3.05) is 13.2 Å². The molecule has 14 heteroatoms. The number of fused-ring (bicyclic) bond motifs is 3. The van der Waals surface area contributed by atoms with Crippen LogP contribution in [-0.4, -0.2) is 88.0 Å². The third-order valence-corrected chi connectivity index (χ3v) is 11.4. The van der Waals surface area contributed by atoms with Crippen LogP contribution in [0, 0.1) is 12.8 Å². The number of ether oxygens (including phenoxy) is 2. The molecule has 0 spiro atoms. The first-order valence-corrected chi connectivity index (χ1v) is 18.1. The van der Waals surface area contributed by atoms with Crippen LogP contribution < -0.4 is 14.8 Å². The van der Waals surface area contributed by atoms with Crippen LogP contribution in [-0.2, 0) is 29.1 Å². The SMILES string of the molecule is Cc1ccn(-c2cc(OC3CC4C(=O)NC5(C(=O)NS(=O)(=O)C6CC6)CC5C=CCCCCOC(C)C(=O)N4C3)c3ccccc3n2)n1. The molecule has 7 rings (SSSR count). The Morgan fingerprint density at radius 3 is 2.75 bits per heavy atom. The van der Waals surface area contributed by atoms with Crippen molar-refractivity contribution in [3.8, 4) is 11.6 Å². The first-order chi connectivity index (χ1) is 23.0. The minimum absolute atomic E-state index is 0.107. The fourth-order valence-electron chi connectivity index (χ4n) is 6.60. The minimum Gasteiger partial charge on any atom is -0.488 e. The van der Waals surface area contributed by atoms with Crippen molar-refractivity contribution in [2.45, 2.75) is 87.8 Å². The van der Waals surface area contributed by atoms with E-state index >= 15 is 0 Å². The molecule has 0 bridgehead atoms. The molecule has 3 amide bonds. The number of hydrogen-bond acceptors (Lipinski definition) is 9. The number of allylic oxidation sites excluding steroid dienone is 1. The molecule has 3 aromatic rings. The number of carbonyl (C=O) groups is 3. The minimum atomic E-state index is -3.84. The predicted molar refractivity (Wildman–Crippen MR) is 176 cm³/mol. The molecule has 48 heavy (non-hydrogen) atoms. The summed E-state index contributed by atoms with van der Waals surface area (Å²) in [6.07, 6.45) is 7.96. The molecule has 3 fully saturated rings. The monoisotopic (exact) mass is 676 g/mol. The second-order valence-corrected chi connectivity index (χ2v) is 15.2. The normalized spacial score (nSPS) is 28.2. The summed E-state index contributed by atoms with van der Waals surface area (Å²) >= 11 is 0. The Balaban J connectivity index is 1.18. The van der Waals surface area contributed by atoms with E-state index in [0.29, 0.717) is 36.5 Å². The first-order valence-electron chi connectivity index (χ1n) is 16.6. The van der Waals surface area contributed by atoms with Gasteiger partial charge in [-0.25, -0.2) is 18.1 Å².